The fourth-order valence-electron chi connectivity index (χ4n) is 2.72. The Kier molecular flexibility index (Phi) is 5.02. The van der Waals surface area contributed by atoms with E-state index in [-0.39, 0.29) is 6.03 Å². The Bertz CT molecular complexity index is 363. The Morgan fingerprint density at radius 1 is 1.25 bits per heavy atom. The van der Waals surface area contributed by atoms with E-state index in [0.717, 1.165) is 0 Å². The molecule has 1 atom stereocenters. The zero-order valence-electron chi connectivity index (χ0n) is 13.0. The second-order valence-corrected chi connectivity index (χ2v) is 6.61. The Hall–Kier alpha value is -1.30. The first kappa shape index (κ1) is 16.8. The van der Waals surface area contributed by atoms with Gasteiger partial charge in [-0.2, -0.15) is 0 Å². The Morgan fingerprint density at radius 3 is 2.15 bits per heavy atom. The molecule has 2 amide bonds. The lowest BCUT2D eigenvalue weighted by Crippen LogP contribution is -2.61. The van der Waals surface area contributed by atoms with Crippen molar-refractivity contribution in [2.24, 2.45) is 0 Å². The Balaban J connectivity index is 2.73. The van der Waals surface area contributed by atoms with Gasteiger partial charge in [-0.1, -0.05) is 13.3 Å². The van der Waals surface area contributed by atoms with Gasteiger partial charge in [-0.15, -0.1) is 0 Å². The van der Waals surface area contributed by atoms with Crippen molar-refractivity contribution in [3.63, 3.8) is 0 Å². The van der Waals surface area contributed by atoms with Crippen molar-refractivity contribution in [3.05, 3.63) is 0 Å². The smallest absolute Gasteiger partial charge is 0.326 e. The minimum atomic E-state index is -0.994. The molecule has 0 aromatic heterocycles. The molecule has 0 saturated carbocycles. The van der Waals surface area contributed by atoms with Crippen LogP contribution in [0.2, 0.25) is 0 Å². The molecule has 116 valence electrons. The van der Waals surface area contributed by atoms with Crippen LogP contribution in [-0.2, 0) is 9.53 Å². The summed E-state index contributed by atoms with van der Waals surface area (Å²) in [7, 11) is 0. The number of aliphatic carboxylic acids is 1. The highest BCUT2D eigenvalue weighted by molar-refractivity contribution is 5.82. The van der Waals surface area contributed by atoms with Crippen LogP contribution < -0.4 is 5.32 Å². The molecule has 1 fully saturated rings. The van der Waals surface area contributed by atoms with Crippen LogP contribution >= 0.6 is 0 Å². The third kappa shape index (κ3) is 4.67. The van der Waals surface area contributed by atoms with Crippen molar-refractivity contribution in [2.45, 2.75) is 64.7 Å². The molecule has 1 rings (SSSR count). The number of carbonyl (C=O) groups is 2. The minimum Gasteiger partial charge on any atom is -0.480 e. The van der Waals surface area contributed by atoms with E-state index in [1.807, 2.05) is 34.6 Å². The second-order valence-electron chi connectivity index (χ2n) is 6.61. The lowest BCUT2D eigenvalue weighted by atomic mass is 9.99. The van der Waals surface area contributed by atoms with E-state index in [0.29, 0.717) is 25.9 Å². The van der Waals surface area contributed by atoms with Gasteiger partial charge in [-0.05, 0) is 34.1 Å². The maximum atomic E-state index is 12.3. The number of hydrogen-bond acceptors (Lipinski definition) is 3. The highest BCUT2D eigenvalue weighted by Gasteiger charge is 2.40. The van der Waals surface area contributed by atoms with Gasteiger partial charge in [0.25, 0.3) is 0 Å². The van der Waals surface area contributed by atoms with Crippen LogP contribution in [0.15, 0.2) is 0 Å². The second kappa shape index (κ2) is 5.99. The third-order valence-electron chi connectivity index (χ3n) is 3.16. The predicted octanol–water partition coefficient (Wildman–Crippen LogP) is 1.84. The van der Waals surface area contributed by atoms with Crippen molar-refractivity contribution < 1.29 is 19.4 Å². The number of carboxylic acid groups (broad SMARTS) is 1. The van der Waals surface area contributed by atoms with Gasteiger partial charge in [0.1, 0.15) is 6.04 Å². The Labute approximate surface area is 120 Å². The quantitative estimate of drug-likeness (QED) is 0.826. The zero-order valence-corrected chi connectivity index (χ0v) is 13.0. The van der Waals surface area contributed by atoms with Crippen LogP contribution in [0.25, 0.3) is 0 Å². The van der Waals surface area contributed by atoms with Crippen LogP contribution in [0.3, 0.4) is 0 Å². The van der Waals surface area contributed by atoms with Crippen LogP contribution in [0.5, 0.6) is 0 Å². The van der Waals surface area contributed by atoms with Crippen LogP contribution in [0.4, 0.5) is 4.79 Å². The summed E-state index contributed by atoms with van der Waals surface area (Å²) in [6.45, 7) is 10.5. The number of carboxylic acids is 1. The molecule has 1 aliphatic rings. The number of urea groups is 1. The summed E-state index contributed by atoms with van der Waals surface area (Å²) >= 11 is 0. The lowest BCUT2D eigenvalue weighted by Gasteiger charge is -2.47. The summed E-state index contributed by atoms with van der Waals surface area (Å²) in [5, 5.41) is 11.7. The van der Waals surface area contributed by atoms with Crippen LogP contribution in [0.1, 0.15) is 47.5 Å². The first-order valence-corrected chi connectivity index (χ1v) is 7.05. The third-order valence-corrected chi connectivity index (χ3v) is 3.16. The minimum absolute atomic E-state index is 0.338. The molecule has 0 aromatic rings. The maximum Gasteiger partial charge on any atom is 0.326 e. The first-order valence-electron chi connectivity index (χ1n) is 7.05. The number of carbonyl (C=O) groups excluding carboxylic acids is 1. The van der Waals surface area contributed by atoms with E-state index < -0.39 is 23.2 Å². The number of amides is 2. The summed E-state index contributed by atoms with van der Waals surface area (Å²) < 4.78 is 5.90. The van der Waals surface area contributed by atoms with E-state index >= 15 is 0 Å². The zero-order chi connectivity index (χ0) is 15.6. The molecule has 1 aliphatic heterocycles. The lowest BCUT2D eigenvalue weighted by molar-refractivity contribution is -0.170. The molecule has 0 bridgehead atoms. The molecule has 20 heavy (non-hydrogen) atoms. The van der Waals surface area contributed by atoms with E-state index in [2.05, 4.69) is 5.32 Å². The van der Waals surface area contributed by atoms with Gasteiger partial charge < -0.3 is 20.1 Å². The van der Waals surface area contributed by atoms with Gasteiger partial charge >= 0.3 is 12.0 Å². The van der Waals surface area contributed by atoms with Crippen molar-refractivity contribution in [2.75, 3.05) is 13.1 Å². The van der Waals surface area contributed by atoms with E-state index in [9.17, 15) is 9.59 Å². The summed E-state index contributed by atoms with van der Waals surface area (Å²) in [5.41, 5.74) is -0.884. The van der Waals surface area contributed by atoms with Crippen molar-refractivity contribution in [3.8, 4) is 0 Å². The van der Waals surface area contributed by atoms with Gasteiger partial charge in [-0.3, -0.25) is 0 Å². The normalized spacial score (nSPS) is 22.1. The molecular formula is C14H26N2O4. The topological polar surface area (TPSA) is 78.9 Å². The van der Waals surface area contributed by atoms with E-state index in [1.165, 1.54) is 0 Å². The molecule has 0 aliphatic carbocycles. The van der Waals surface area contributed by atoms with Gasteiger partial charge in [0.15, 0.2) is 0 Å². The summed E-state index contributed by atoms with van der Waals surface area (Å²) in [6, 6.07) is -1.17. The molecule has 2 N–H and O–H groups in total. The molecule has 0 unspecified atom stereocenters. The molecule has 6 heteroatoms. The van der Waals surface area contributed by atoms with Gasteiger partial charge in [-0.25, -0.2) is 9.59 Å². The molecule has 6 nitrogen and oxygen atoms in total. The Morgan fingerprint density at radius 2 is 1.75 bits per heavy atom. The van der Waals surface area contributed by atoms with E-state index in [1.54, 1.807) is 4.90 Å². The number of hydrogen-bond donors (Lipinski definition) is 2. The van der Waals surface area contributed by atoms with Crippen molar-refractivity contribution >= 4 is 12.0 Å². The highest BCUT2D eigenvalue weighted by Crippen LogP contribution is 2.28. The van der Waals surface area contributed by atoms with Crippen molar-refractivity contribution in [1.82, 2.24) is 10.2 Å². The number of nitrogens with zero attached hydrogens (tertiary/aromatic N) is 1. The molecule has 0 spiro atoms. The number of ether oxygens (including phenoxy) is 1. The van der Waals surface area contributed by atoms with Crippen molar-refractivity contribution in [1.29, 1.82) is 0 Å². The van der Waals surface area contributed by atoms with Crippen LogP contribution in [0, 0.1) is 0 Å². The molecule has 1 saturated heterocycles. The molecule has 0 aromatic carbocycles. The predicted molar refractivity (Wildman–Crippen MR) is 75.7 cm³/mol. The van der Waals surface area contributed by atoms with Gasteiger partial charge in [0.05, 0.1) is 24.3 Å². The average Bonchev–Trinajstić information content (AvgIpc) is 2.23. The number of morpholine rings is 1. The van der Waals surface area contributed by atoms with Gasteiger partial charge in [0, 0.05) is 0 Å². The molecule has 1 heterocycles. The highest BCUT2D eigenvalue weighted by atomic mass is 16.5. The van der Waals surface area contributed by atoms with E-state index in [4.69, 9.17) is 9.84 Å². The standard InChI is InChI=1S/C14H26N2O4/c1-6-7-10(11(17)18)15-12(19)16-8-13(2,3)20-14(4,5)9-16/h10H,6-9H2,1-5H3,(H,15,19)(H,17,18)/t10-/m0/s1. The molecular weight excluding hydrogens is 260 g/mol. The number of nitrogens with one attached hydrogen (secondary N) is 1. The monoisotopic (exact) mass is 286 g/mol. The first-order chi connectivity index (χ1) is 9.06. The maximum absolute atomic E-state index is 12.3. The number of rotatable bonds is 4. The fraction of sp³-hybridized carbons (Fsp3) is 0.857. The van der Waals surface area contributed by atoms with Crippen LogP contribution in [-0.4, -0.2) is 52.3 Å². The molecule has 0 radical (unpaired) electrons. The SMILES string of the molecule is CCC[C@H](NC(=O)N1CC(C)(C)OC(C)(C)C1)C(=O)O. The summed E-state index contributed by atoms with van der Waals surface area (Å²) in [4.78, 5) is 25.0. The summed E-state index contributed by atoms with van der Waals surface area (Å²) in [6.07, 6.45) is 1.13. The fourth-order valence-corrected chi connectivity index (χ4v) is 2.72. The largest absolute Gasteiger partial charge is 0.480 e. The summed E-state index contributed by atoms with van der Waals surface area (Å²) in [5.74, 6) is -0.994. The average molecular weight is 286 g/mol. The van der Waals surface area contributed by atoms with Gasteiger partial charge in [0.2, 0.25) is 0 Å².